The molecule has 2 amide bonds. The maximum Gasteiger partial charge on any atom is 0.433 e. The fraction of sp³-hybridized carbons (Fsp3) is 0.261. The molecule has 1 aliphatic rings. The Hall–Kier alpha value is -3.69. The van der Waals surface area contributed by atoms with Crippen LogP contribution >= 0.6 is 22.9 Å². The molecule has 1 aliphatic heterocycles. The number of alkyl halides is 3. The number of hydrogen-bond donors (Lipinski definition) is 1. The number of aryl methyl sites for hydroxylation is 2. The molecule has 1 N–H and O–H groups in total. The van der Waals surface area contributed by atoms with Gasteiger partial charge in [-0.1, -0.05) is 23.4 Å². The normalized spacial score (nSPS) is 15.3. The summed E-state index contributed by atoms with van der Waals surface area (Å²) in [5.41, 5.74) is 4.04. The summed E-state index contributed by atoms with van der Waals surface area (Å²) in [6.07, 6.45) is -3.45. The minimum Gasteiger partial charge on any atom is -0.299 e. The lowest BCUT2D eigenvalue weighted by molar-refractivity contribution is -0.141. The fourth-order valence-electron chi connectivity index (χ4n) is 3.47. The topological polar surface area (TPSA) is 91.3 Å². The van der Waals surface area contributed by atoms with Crippen LogP contribution in [0.2, 0.25) is 5.02 Å². The van der Waals surface area contributed by atoms with Crippen molar-refractivity contribution in [1.29, 1.82) is 0 Å². The van der Waals surface area contributed by atoms with Crippen molar-refractivity contribution in [2.24, 2.45) is 0 Å². The highest BCUT2D eigenvalue weighted by atomic mass is 35.5. The van der Waals surface area contributed by atoms with Crippen molar-refractivity contribution in [2.75, 3.05) is 16.5 Å². The van der Waals surface area contributed by atoms with Gasteiger partial charge < -0.3 is 0 Å². The number of hydrogen-bond acceptors (Lipinski definition) is 7. The average Bonchev–Trinajstić information content (AvgIpc) is 3.47. The Kier molecular flexibility index (Phi) is 7.14. The fourth-order valence-corrected chi connectivity index (χ4v) is 4.08. The van der Waals surface area contributed by atoms with Crippen LogP contribution in [0.3, 0.4) is 0 Å². The van der Waals surface area contributed by atoms with Gasteiger partial charge in [0.05, 0.1) is 29.6 Å². The van der Waals surface area contributed by atoms with E-state index in [-0.39, 0.29) is 18.7 Å². The molecule has 13 heteroatoms. The van der Waals surface area contributed by atoms with Crippen LogP contribution in [-0.4, -0.2) is 39.4 Å². The van der Waals surface area contributed by atoms with E-state index in [0.29, 0.717) is 21.2 Å². The molecule has 0 aliphatic carbocycles. The number of thiazole rings is 1. The Balaban J connectivity index is 1.71. The standard InChI is InChI=1S/C23H18ClF3N6O2S/c1-13-8-15(5-6-17(13)24)32(7-3-4-16-11-28-12-36-16)21(35)18-10-20(34)31-33(18)22-29-14(2)9-19(30-22)23(25,26)27/h5-6,8-9,11-12,18H,7,10H2,1-2H3,(H,31,34). The summed E-state index contributed by atoms with van der Waals surface area (Å²) >= 11 is 7.48. The maximum absolute atomic E-state index is 13.7. The molecule has 1 unspecified atom stereocenters. The van der Waals surface area contributed by atoms with E-state index in [1.807, 2.05) is 0 Å². The lowest BCUT2D eigenvalue weighted by atomic mass is 10.1. The number of nitrogens with one attached hydrogen (secondary N) is 1. The van der Waals surface area contributed by atoms with Gasteiger partial charge in [-0.3, -0.25) is 24.9 Å². The van der Waals surface area contributed by atoms with Gasteiger partial charge in [-0.15, -0.1) is 11.3 Å². The maximum atomic E-state index is 13.7. The monoisotopic (exact) mass is 534 g/mol. The highest BCUT2D eigenvalue weighted by Crippen LogP contribution is 2.31. The third-order valence-corrected chi connectivity index (χ3v) is 6.28. The summed E-state index contributed by atoms with van der Waals surface area (Å²) in [6, 6.07) is 4.52. The highest BCUT2D eigenvalue weighted by molar-refractivity contribution is 7.10. The van der Waals surface area contributed by atoms with Crippen LogP contribution in [0.4, 0.5) is 24.8 Å². The molecule has 1 atom stereocenters. The number of benzene rings is 1. The Bertz CT molecular complexity index is 1370. The number of rotatable bonds is 4. The molecule has 0 radical (unpaired) electrons. The number of amides is 2. The summed E-state index contributed by atoms with van der Waals surface area (Å²) in [4.78, 5) is 39.6. The molecular formula is C23H18ClF3N6O2S. The summed E-state index contributed by atoms with van der Waals surface area (Å²) in [7, 11) is 0. The Labute approximate surface area is 213 Å². The van der Waals surface area contributed by atoms with Gasteiger partial charge in [0, 0.05) is 16.4 Å². The first-order chi connectivity index (χ1) is 17.0. The summed E-state index contributed by atoms with van der Waals surface area (Å²) in [6.45, 7) is 3.08. The smallest absolute Gasteiger partial charge is 0.299 e. The van der Waals surface area contributed by atoms with Gasteiger partial charge >= 0.3 is 6.18 Å². The van der Waals surface area contributed by atoms with Crippen molar-refractivity contribution in [1.82, 2.24) is 20.4 Å². The molecule has 1 aromatic carbocycles. The van der Waals surface area contributed by atoms with E-state index in [1.165, 1.54) is 23.2 Å². The summed E-state index contributed by atoms with van der Waals surface area (Å²) in [5, 5.41) is 1.47. The van der Waals surface area contributed by atoms with Gasteiger partial charge in [-0.25, -0.2) is 15.0 Å². The molecule has 1 saturated heterocycles. The molecule has 0 bridgehead atoms. The first kappa shape index (κ1) is 25.4. The molecule has 0 saturated carbocycles. The predicted octanol–water partition coefficient (Wildman–Crippen LogP) is 3.92. The highest BCUT2D eigenvalue weighted by Gasteiger charge is 2.41. The number of carbonyl (C=O) groups is 2. The van der Waals surface area contributed by atoms with Crippen molar-refractivity contribution < 1.29 is 22.8 Å². The van der Waals surface area contributed by atoms with Crippen LogP contribution in [0.5, 0.6) is 0 Å². The molecular weight excluding hydrogens is 517 g/mol. The molecule has 186 valence electrons. The van der Waals surface area contributed by atoms with Crippen molar-refractivity contribution in [3.05, 3.63) is 62.8 Å². The minimum absolute atomic E-state index is 0.0280. The quantitative estimate of drug-likeness (QED) is 0.510. The molecule has 4 rings (SSSR count). The number of carbonyl (C=O) groups excluding carboxylic acids is 2. The number of aromatic nitrogens is 3. The Morgan fingerprint density at radius 1 is 1.31 bits per heavy atom. The predicted molar refractivity (Wildman–Crippen MR) is 128 cm³/mol. The van der Waals surface area contributed by atoms with Crippen LogP contribution in [0.25, 0.3) is 0 Å². The van der Waals surface area contributed by atoms with E-state index >= 15 is 0 Å². The first-order valence-electron chi connectivity index (χ1n) is 10.5. The molecule has 3 aromatic rings. The molecule has 8 nitrogen and oxygen atoms in total. The average molecular weight is 535 g/mol. The summed E-state index contributed by atoms with van der Waals surface area (Å²) in [5.74, 6) is 4.26. The van der Waals surface area contributed by atoms with Crippen LogP contribution in [0.1, 0.15) is 28.2 Å². The number of halogens is 4. The molecule has 3 heterocycles. The van der Waals surface area contributed by atoms with Gasteiger partial charge in [-0.05, 0) is 43.7 Å². The minimum atomic E-state index is -4.73. The van der Waals surface area contributed by atoms with Gasteiger partial charge in [0.2, 0.25) is 11.9 Å². The first-order valence-corrected chi connectivity index (χ1v) is 11.7. The van der Waals surface area contributed by atoms with Crippen LogP contribution < -0.4 is 15.3 Å². The van der Waals surface area contributed by atoms with E-state index in [2.05, 4.69) is 32.2 Å². The zero-order chi connectivity index (χ0) is 26.0. The van der Waals surface area contributed by atoms with Crippen LogP contribution in [0.15, 0.2) is 36.0 Å². The van der Waals surface area contributed by atoms with E-state index < -0.39 is 35.7 Å². The third kappa shape index (κ3) is 5.58. The number of hydrazine groups is 1. The van der Waals surface area contributed by atoms with E-state index in [9.17, 15) is 22.8 Å². The Morgan fingerprint density at radius 2 is 2.08 bits per heavy atom. The second-order valence-electron chi connectivity index (χ2n) is 7.84. The van der Waals surface area contributed by atoms with Crippen molar-refractivity contribution >= 4 is 46.4 Å². The second kappa shape index (κ2) is 10.1. The second-order valence-corrected chi connectivity index (χ2v) is 9.14. The van der Waals surface area contributed by atoms with E-state index in [4.69, 9.17) is 11.6 Å². The molecule has 36 heavy (non-hydrogen) atoms. The van der Waals surface area contributed by atoms with Gasteiger partial charge in [0.15, 0.2) is 0 Å². The molecule has 2 aromatic heterocycles. The summed E-state index contributed by atoms with van der Waals surface area (Å²) < 4.78 is 40.0. The van der Waals surface area contributed by atoms with Crippen molar-refractivity contribution in [3.63, 3.8) is 0 Å². The largest absolute Gasteiger partial charge is 0.433 e. The van der Waals surface area contributed by atoms with Gasteiger partial charge in [0.1, 0.15) is 11.7 Å². The SMILES string of the molecule is Cc1cc(C(F)(F)F)nc(N2NC(=O)CC2C(=O)N(CC#Cc2cncs2)c2ccc(Cl)c(C)c2)n1. The van der Waals surface area contributed by atoms with Crippen molar-refractivity contribution in [3.8, 4) is 11.8 Å². The van der Waals surface area contributed by atoms with Crippen LogP contribution in [0, 0.1) is 25.7 Å². The Morgan fingerprint density at radius 3 is 2.75 bits per heavy atom. The van der Waals surface area contributed by atoms with E-state index in [0.717, 1.165) is 11.1 Å². The number of nitrogens with zero attached hydrogens (tertiary/aromatic N) is 5. The van der Waals surface area contributed by atoms with Gasteiger partial charge in [-0.2, -0.15) is 13.2 Å². The zero-order valence-electron chi connectivity index (χ0n) is 18.9. The third-order valence-electron chi connectivity index (χ3n) is 5.17. The van der Waals surface area contributed by atoms with Crippen molar-refractivity contribution in [2.45, 2.75) is 32.5 Å². The molecule has 1 fully saturated rings. The van der Waals surface area contributed by atoms with Crippen LogP contribution in [-0.2, 0) is 15.8 Å². The van der Waals surface area contributed by atoms with Gasteiger partial charge in [0.25, 0.3) is 5.91 Å². The zero-order valence-corrected chi connectivity index (χ0v) is 20.5. The lowest BCUT2D eigenvalue weighted by Crippen LogP contribution is -2.50. The van der Waals surface area contributed by atoms with E-state index in [1.54, 1.807) is 36.8 Å². The lowest BCUT2D eigenvalue weighted by Gasteiger charge is -2.29. The molecule has 0 spiro atoms. The number of anilines is 2.